The van der Waals surface area contributed by atoms with Crippen molar-refractivity contribution in [2.24, 2.45) is 0 Å². The molecule has 2 aromatic heterocycles. The minimum atomic E-state index is -3.92. The number of carbonyl (C=O) groups excluding carboxylic acids is 1. The number of hydrogen-bond donors (Lipinski definition) is 1. The van der Waals surface area contributed by atoms with E-state index in [9.17, 15) is 18.5 Å². The summed E-state index contributed by atoms with van der Waals surface area (Å²) in [6, 6.07) is 7.01. The van der Waals surface area contributed by atoms with E-state index in [0.29, 0.717) is 34.1 Å². The van der Waals surface area contributed by atoms with Crippen LogP contribution in [0.15, 0.2) is 23.2 Å². The first-order valence-corrected chi connectivity index (χ1v) is 15.5. The summed E-state index contributed by atoms with van der Waals surface area (Å²) in [5.74, 6) is -0.189. The molecule has 1 N–H and O–H groups in total. The molecule has 5 rings (SSSR count). The predicted molar refractivity (Wildman–Crippen MR) is 151 cm³/mol. The number of sulfonamides is 1. The van der Waals surface area contributed by atoms with Crippen molar-refractivity contribution in [3.8, 4) is 6.07 Å². The van der Waals surface area contributed by atoms with Gasteiger partial charge in [0.1, 0.15) is 0 Å². The molecule has 1 atom stereocenters. The van der Waals surface area contributed by atoms with Crippen LogP contribution in [0.25, 0.3) is 10.9 Å². The lowest BCUT2D eigenvalue weighted by atomic mass is 10.1. The van der Waals surface area contributed by atoms with Crippen LogP contribution in [0.5, 0.6) is 0 Å². The SMILES string of the molecule is CN(C)Cc1c(S(=O)(=O)N2CCN(C(=O)c3nc4c(s3)CN(C)CC4)C(CCC#N)C2)[nH]c2ccc(Cl)cc12. The zero-order valence-corrected chi connectivity index (χ0v) is 24.7. The van der Waals surface area contributed by atoms with Crippen molar-refractivity contribution in [2.75, 3.05) is 47.3 Å². The Morgan fingerprint density at radius 3 is 2.85 bits per heavy atom. The average molecular weight is 590 g/mol. The molecule has 208 valence electrons. The molecule has 1 fully saturated rings. The predicted octanol–water partition coefficient (Wildman–Crippen LogP) is 3.15. The van der Waals surface area contributed by atoms with Crippen molar-refractivity contribution in [1.29, 1.82) is 5.26 Å². The highest BCUT2D eigenvalue weighted by Gasteiger charge is 2.39. The molecule has 0 spiro atoms. The summed E-state index contributed by atoms with van der Waals surface area (Å²) in [7, 11) is 1.90. The van der Waals surface area contributed by atoms with E-state index >= 15 is 0 Å². The maximum absolute atomic E-state index is 14.0. The van der Waals surface area contributed by atoms with E-state index in [1.165, 1.54) is 15.6 Å². The highest BCUT2D eigenvalue weighted by Crippen LogP contribution is 2.33. The molecule has 0 aliphatic carbocycles. The highest BCUT2D eigenvalue weighted by molar-refractivity contribution is 7.89. The number of rotatable bonds is 7. The van der Waals surface area contributed by atoms with Crippen LogP contribution in [-0.2, 0) is 29.5 Å². The third-order valence-electron chi connectivity index (χ3n) is 7.30. The van der Waals surface area contributed by atoms with E-state index < -0.39 is 16.1 Å². The zero-order valence-electron chi connectivity index (χ0n) is 22.3. The van der Waals surface area contributed by atoms with Crippen LogP contribution in [-0.4, -0.2) is 96.7 Å². The molecule has 1 aromatic carbocycles. The van der Waals surface area contributed by atoms with E-state index in [0.717, 1.165) is 35.5 Å². The summed E-state index contributed by atoms with van der Waals surface area (Å²) >= 11 is 7.67. The molecule has 4 heterocycles. The van der Waals surface area contributed by atoms with Crippen molar-refractivity contribution < 1.29 is 13.2 Å². The van der Waals surface area contributed by atoms with Crippen LogP contribution in [0.1, 0.15) is 38.8 Å². The normalized spacial score (nSPS) is 19.0. The van der Waals surface area contributed by atoms with Gasteiger partial charge in [0.15, 0.2) is 10.0 Å². The van der Waals surface area contributed by atoms with Crippen LogP contribution >= 0.6 is 22.9 Å². The molecule has 13 heteroatoms. The van der Waals surface area contributed by atoms with Gasteiger partial charge in [0.25, 0.3) is 15.9 Å². The summed E-state index contributed by atoms with van der Waals surface area (Å²) in [6.07, 6.45) is 1.41. The van der Waals surface area contributed by atoms with E-state index in [-0.39, 0.29) is 37.0 Å². The number of H-pyrrole nitrogens is 1. The molecule has 2 aliphatic heterocycles. The fraction of sp³-hybridized carbons (Fsp3) is 0.500. The first-order chi connectivity index (χ1) is 18.6. The van der Waals surface area contributed by atoms with Crippen LogP contribution < -0.4 is 0 Å². The number of carbonyl (C=O) groups is 1. The van der Waals surface area contributed by atoms with Gasteiger partial charge in [-0.3, -0.25) is 4.79 Å². The molecular formula is C26H32ClN7O3S2. The molecule has 3 aromatic rings. The number of nitrogens with zero attached hydrogens (tertiary/aromatic N) is 6. The topological polar surface area (TPSA) is 117 Å². The van der Waals surface area contributed by atoms with E-state index in [2.05, 4.69) is 20.9 Å². The van der Waals surface area contributed by atoms with Crippen LogP contribution in [0.4, 0.5) is 0 Å². The van der Waals surface area contributed by atoms with Crippen molar-refractivity contribution in [3.05, 3.63) is 44.4 Å². The van der Waals surface area contributed by atoms with Crippen LogP contribution in [0, 0.1) is 11.3 Å². The van der Waals surface area contributed by atoms with Crippen molar-refractivity contribution >= 4 is 49.8 Å². The monoisotopic (exact) mass is 589 g/mol. The van der Waals surface area contributed by atoms with Gasteiger partial charge in [-0.05, 0) is 45.8 Å². The summed E-state index contributed by atoms with van der Waals surface area (Å²) in [5, 5.41) is 11.2. The van der Waals surface area contributed by atoms with Gasteiger partial charge in [-0.15, -0.1) is 11.3 Å². The number of thiazole rings is 1. The van der Waals surface area contributed by atoms with Gasteiger partial charge in [0, 0.05) is 84.5 Å². The van der Waals surface area contributed by atoms with E-state index in [1.807, 2.05) is 26.0 Å². The Balaban J connectivity index is 1.44. The number of nitrogens with one attached hydrogen (secondary N) is 1. The highest BCUT2D eigenvalue weighted by atomic mass is 35.5. The largest absolute Gasteiger partial charge is 0.344 e. The second-order valence-corrected chi connectivity index (χ2v) is 13.8. The fourth-order valence-electron chi connectivity index (χ4n) is 5.35. The Morgan fingerprint density at radius 1 is 1.31 bits per heavy atom. The van der Waals surface area contributed by atoms with Gasteiger partial charge in [0.05, 0.1) is 11.8 Å². The third-order valence-corrected chi connectivity index (χ3v) is 10.5. The number of halogens is 1. The Labute approximate surface area is 237 Å². The molecular weight excluding hydrogens is 558 g/mol. The molecule has 1 unspecified atom stereocenters. The number of fused-ring (bicyclic) bond motifs is 2. The van der Waals surface area contributed by atoms with E-state index in [4.69, 9.17) is 11.6 Å². The summed E-state index contributed by atoms with van der Waals surface area (Å²) in [5.41, 5.74) is 2.33. The number of piperazine rings is 1. The fourth-order valence-corrected chi connectivity index (χ4v) is 8.34. The lowest BCUT2D eigenvalue weighted by Gasteiger charge is -2.40. The van der Waals surface area contributed by atoms with Crippen molar-refractivity contribution in [1.82, 2.24) is 29.0 Å². The Morgan fingerprint density at radius 2 is 2.10 bits per heavy atom. The van der Waals surface area contributed by atoms with E-state index in [1.54, 1.807) is 23.1 Å². The molecule has 0 radical (unpaired) electrons. The lowest BCUT2D eigenvalue weighted by molar-refractivity contribution is 0.0552. The quantitative estimate of drug-likeness (QED) is 0.450. The number of aromatic amines is 1. The molecule has 39 heavy (non-hydrogen) atoms. The zero-order chi connectivity index (χ0) is 27.9. The summed E-state index contributed by atoms with van der Waals surface area (Å²) in [6.45, 7) is 2.59. The number of aromatic nitrogens is 2. The lowest BCUT2D eigenvalue weighted by Crippen LogP contribution is -2.56. The first-order valence-electron chi connectivity index (χ1n) is 12.9. The number of benzene rings is 1. The first kappa shape index (κ1) is 28.0. The second kappa shape index (κ2) is 11.2. The summed E-state index contributed by atoms with van der Waals surface area (Å²) in [4.78, 5) is 28.3. The Hall–Kier alpha value is -2.53. The third kappa shape index (κ3) is 5.57. The molecule has 0 saturated carbocycles. The minimum absolute atomic E-state index is 0.112. The van der Waals surface area contributed by atoms with Gasteiger partial charge >= 0.3 is 0 Å². The molecule has 1 saturated heterocycles. The molecule has 10 nitrogen and oxygen atoms in total. The summed E-state index contributed by atoms with van der Waals surface area (Å²) < 4.78 is 29.5. The standard InChI is InChI=1S/C26H32ClN7O3S2/c1-31(2)15-20-19-13-17(27)6-7-21(19)30-25(20)39(36,37)33-11-12-34(18(14-33)5-4-9-28)26(35)24-29-22-8-10-32(3)16-23(22)38-24/h6-7,13,18,30H,4-5,8,10-12,14-16H2,1-3H3. The average Bonchev–Trinajstić information content (AvgIpc) is 3.48. The van der Waals surface area contributed by atoms with Crippen molar-refractivity contribution in [2.45, 2.75) is 43.4 Å². The number of amides is 1. The number of nitriles is 1. The Bertz CT molecular complexity index is 1540. The van der Waals surface area contributed by atoms with Gasteiger partial charge < -0.3 is 19.7 Å². The maximum Gasteiger partial charge on any atom is 0.283 e. The van der Waals surface area contributed by atoms with Crippen molar-refractivity contribution in [3.63, 3.8) is 0 Å². The van der Waals surface area contributed by atoms with Crippen LogP contribution in [0.2, 0.25) is 5.02 Å². The smallest absolute Gasteiger partial charge is 0.283 e. The second-order valence-electron chi connectivity index (χ2n) is 10.4. The molecule has 2 aliphatic rings. The minimum Gasteiger partial charge on any atom is -0.344 e. The van der Waals surface area contributed by atoms with Gasteiger partial charge in [0.2, 0.25) is 0 Å². The van der Waals surface area contributed by atoms with Gasteiger partial charge in [-0.25, -0.2) is 13.4 Å². The molecule has 0 bridgehead atoms. The Kier molecular flexibility index (Phi) is 8.01. The van der Waals surface area contributed by atoms with Gasteiger partial charge in [-0.1, -0.05) is 11.6 Å². The number of hydrogen-bond acceptors (Lipinski definition) is 8. The van der Waals surface area contributed by atoms with Gasteiger partial charge in [-0.2, -0.15) is 9.57 Å². The number of likely N-dealkylation sites (N-methyl/N-ethyl adjacent to an activating group) is 1. The maximum atomic E-state index is 14.0. The van der Waals surface area contributed by atoms with Crippen LogP contribution in [0.3, 0.4) is 0 Å². The molecule has 1 amide bonds.